The monoisotopic (exact) mass is 571 g/mol. The number of anilines is 4. The quantitative estimate of drug-likeness (QED) is 0.238. The van der Waals surface area contributed by atoms with E-state index in [1.54, 1.807) is 18.3 Å². The predicted molar refractivity (Wildman–Crippen MR) is 159 cm³/mol. The predicted octanol–water partition coefficient (Wildman–Crippen LogP) is 5.69. The van der Waals surface area contributed by atoms with Crippen LogP contribution in [0.1, 0.15) is 21.5 Å². The molecule has 2 aromatic heterocycles. The van der Waals surface area contributed by atoms with Crippen molar-refractivity contribution < 1.29 is 13.9 Å². The summed E-state index contributed by atoms with van der Waals surface area (Å²) in [7, 11) is 0. The second-order valence-corrected chi connectivity index (χ2v) is 10.3. The summed E-state index contributed by atoms with van der Waals surface area (Å²) in [5, 5.41) is 8.20. The topological polar surface area (TPSA) is 118 Å². The maximum atomic E-state index is 14.6. The van der Waals surface area contributed by atoms with Crippen LogP contribution in [0, 0.1) is 12.7 Å². The number of aromatic nitrogens is 3. The van der Waals surface area contributed by atoms with Gasteiger partial charge in [-0.3, -0.25) is 9.69 Å². The Morgan fingerprint density at radius 1 is 1.07 bits per heavy atom. The first kappa shape index (κ1) is 26.8. The lowest BCUT2D eigenvalue weighted by Gasteiger charge is -2.27. The van der Waals surface area contributed by atoms with E-state index in [1.165, 1.54) is 12.4 Å². The minimum atomic E-state index is -0.571. The van der Waals surface area contributed by atoms with Crippen molar-refractivity contribution in [1.29, 1.82) is 0 Å². The molecule has 0 bridgehead atoms. The molecule has 0 atom stereocenters. The van der Waals surface area contributed by atoms with Gasteiger partial charge < -0.3 is 21.1 Å². The molecule has 1 aliphatic rings. The Balaban J connectivity index is 1.38. The summed E-state index contributed by atoms with van der Waals surface area (Å²) >= 11 is 5.97. The van der Waals surface area contributed by atoms with Crippen LogP contribution < -0.4 is 16.4 Å². The molecule has 6 rings (SSSR count). The van der Waals surface area contributed by atoms with Gasteiger partial charge in [-0.05, 0) is 48.4 Å². The molecule has 5 aromatic rings. The van der Waals surface area contributed by atoms with Gasteiger partial charge in [0.05, 0.1) is 40.7 Å². The maximum absolute atomic E-state index is 14.6. The fourth-order valence-electron chi connectivity index (χ4n) is 5.07. The lowest BCUT2D eigenvalue weighted by molar-refractivity contribution is 0.0342. The molecule has 208 valence electrons. The molecule has 0 unspecified atom stereocenters. The highest BCUT2D eigenvalue weighted by Crippen LogP contribution is 2.34. The van der Waals surface area contributed by atoms with Crippen molar-refractivity contribution in [3.8, 4) is 0 Å². The highest BCUT2D eigenvalue weighted by Gasteiger charge is 2.20. The minimum absolute atomic E-state index is 0.00607. The SMILES string of the molecule is Cc1ccc2c(Nc3cccc(Cl)c3F)nccc2c1NC(=O)c1cc(CN2CCOCC2)cc2c(N)ncnc12. The Morgan fingerprint density at radius 2 is 1.90 bits per heavy atom. The molecule has 1 saturated heterocycles. The van der Waals surface area contributed by atoms with Crippen molar-refractivity contribution in [3.05, 3.63) is 88.6 Å². The van der Waals surface area contributed by atoms with Crippen molar-refractivity contribution in [1.82, 2.24) is 19.9 Å². The first-order valence-corrected chi connectivity index (χ1v) is 13.5. The normalized spacial score (nSPS) is 13.9. The van der Waals surface area contributed by atoms with E-state index in [4.69, 9.17) is 22.1 Å². The zero-order chi connectivity index (χ0) is 28.5. The van der Waals surface area contributed by atoms with Crippen LogP contribution in [-0.2, 0) is 11.3 Å². The van der Waals surface area contributed by atoms with Crippen molar-refractivity contribution in [2.24, 2.45) is 0 Å². The van der Waals surface area contributed by atoms with Gasteiger partial charge in [0.25, 0.3) is 5.91 Å². The van der Waals surface area contributed by atoms with Crippen LogP contribution in [0.15, 0.2) is 61.1 Å². The molecule has 1 aliphatic heterocycles. The zero-order valence-electron chi connectivity index (χ0n) is 22.2. The summed E-state index contributed by atoms with van der Waals surface area (Å²) in [5.74, 6) is -0.166. The van der Waals surface area contributed by atoms with Crippen LogP contribution in [0.5, 0.6) is 0 Å². The second-order valence-electron chi connectivity index (χ2n) is 9.88. The summed E-state index contributed by atoms with van der Waals surface area (Å²) in [4.78, 5) is 29.1. The molecule has 3 heterocycles. The van der Waals surface area contributed by atoms with Crippen LogP contribution in [-0.4, -0.2) is 52.1 Å². The van der Waals surface area contributed by atoms with Gasteiger partial charge in [0.1, 0.15) is 18.0 Å². The van der Waals surface area contributed by atoms with E-state index in [9.17, 15) is 9.18 Å². The molecule has 3 aromatic carbocycles. The van der Waals surface area contributed by atoms with Crippen LogP contribution in [0.25, 0.3) is 21.7 Å². The molecular weight excluding hydrogens is 545 g/mol. The van der Waals surface area contributed by atoms with Crippen molar-refractivity contribution in [2.45, 2.75) is 13.5 Å². The van der Waals surface area contributed by atoms with Crippen molar-refractivity contribution in [3.63, 3.8) is 0 Å². The molecular formula is C30H27ClFN7O2. The smallest absolute Gasteiger partial charge is 0.257 e. The summed E-state index contributed by atoms with van der Waals surface area (Å²) in [6.45, 7) is 5.50. The number of nitrogens with zero attached hydrogens (tertiary/aromatic N) is 4. The van der Waals surface area contributed by atoms with E-state index >= 15 is 0 Å². The third-order valence-electron chi connectivity index (χ3n) is 7.18. The molecule has 11 heteroatoms. The minimum Gasteiger partial charge on any atom is -0.383 e. The van der Waals surface area contributed by atoms with Gasteiger partial charge in [-0.15, -0.1) is 0 Å². The van der Waals surface area contributed by atoms with Crippen LogP contribution in [0.3, 0.4) is 0 Å². The van der Waals surface area contributed by atoms with Gasteiger partial charge in [0, 0.05) is 42.0 Å². The number of morpholine rings is 1. The van der Waals surface area contributed by atoms with E-state index in [0.717, 1.165) is 29.6 Å². The van der Waals surface area contributed by atoms with Gasteiger partial charge >= 0.3 is 0 Å². The lowest BCUT2D eigenvalue weighted by atomic mass is 10.0. The van der Waals surface area contributed by atoms with Gasteiger partial charge in [0.15, 0.2) is 5.82 Å². The first-order valence-electron chi connectivity index (χ1n) is 13.1. The molecule has 1 amide bonds. The summed E-state index contributed by atoms with van der Waals surface area (Å²) in [6.07, 6.45) is 2.96. The number of rotatable bonds is 6. The molecule has 0 spiro atoms. The number of hydrogen-bond donors (Lipinski definition) is 3. The summed E-state index contributed by atoms with van der Waals surface area (Å²) < 4.78 is 20.1. The number of halogens is 2. The summed E-state index contributed by atoms with van der Waals surface area (Å²) in [6, 6.07) is 14.1. The van der Waals surface area contributed by atoms with E-state index in [1.807, 2.05) is 37.3 Å². The fourth-order valence-corrected chi connectivity index (χ4v) is 5.24. The number of benzene rings is 3. The Morgan fingerprint density at radius 3 is 2.73 bits per heavy atom. The fraction of sp³-hybridized carbons (Fsp3) is 0.200. The van der Waals surface area contributed by atoms with Gasteiger partial charge in [0.2, 0.25) is 0 Å². The van der Waals surface area contributed by atoms with E-state index < -0.39 is 5.82 Å². The number of pyridine rings is 1. The number of nitrogens with one attached hydrogen (secondary N) is 2. The molecule has 0 radical (unpaired) electrons. The second kappa shape index (κ2) is 11.2. The molecule has 9 nitrogen and oxygen atoms in total. The number of aryl methyl sites for hydroxylation is 1. The number of hydrogen-bond acceptors (Lipinski definition) is 8. The highest BCUT2D eigenvalue weighted by atomic mass is 35.5. The van der Waals surface area contributed by atoms with Gasteiger partial charge in [-0.2, -0.15) is 0 Å². The Hall–Kier alpha value is -4.38. The number of carbonyl (C=O) groups is 1. The average molecular weight is 572 g/mol. The Labute approximate surface area is 240 Å². The Bertz CT molecular complexity index is 1790. The van der Waals surface area contributed by atoms with Crippen molar-refractivity contribution >= 4 is 62.2 Å². The standard InChI is InChI=1S/C30H27ClFN7O2/c1-17-5-6-20-19(7-8-34-29(20)37-24-4-2-3-23(31)25(24)32)26(17)38-30(40)22-14-18(15-39-9-11-41-12-10-39)13-21-27(22)35-16-36-28(21)33/h2-8,13-14,16H,9-12,15H2,1H3,(H,34,37)(H,38,40)(H2,33,35,36). The van der Waals surface area contributed by atoms with E-state index in [2.05, 4.69) is 30.5 Å². The Kier molecular flexibility index (Phi) is 7.36. The largest absolute Gasteiger partial charge is 0.383 e. The maximum Gasteiger partial charge on any atom is 0.257 e. The number of nitrogen functional groups attached to an aromatic ring is 1. The number of ether oxygens (including phenoxy) is 1. The molecule has 41 heavy (non-hydrogen) atoms. The molecule has 0 saturated carbocycles. The first-order chi connectivity index (χ1) is 19.9. The number of fused-ring (bicyclic) bond motifs is 2. The highest BCUT2D eigenvalue weighted by molar-refractivity contribution is 6.31. The van der Waals surface area contributed by atoms with Crippen molar-refractivity contribution in [2.75, 3.05) is 42.7 Å². The van der Waals surface area contributed by atoms with Gasteiger partial charge in [-0.25, -0.2) is 19.3 Å². The van der Waals surface area contributed by atoms with Crippen LogP contribution >= 0.6 is 11.6 Å². The van der Waals surface area contributed by atoms with Crippen LogP contribution in [0.2, 0.25) is 5.02 Å². The van der Waals surface area contributed by atoms with E-state index in [0.29, 0.717) is 58.9 Å². The zero-order valence-corrected chi connectivity index (χ0v) is 23.0. The average Bonchev–Trinajstić information content (AvgIpc) is 2.97. The third kappa shape index (κ3) is 5.37. The molecule has 4 N–H and O–H groups in total. The number of nitrogens with two attached hydrogens (primary N) is 1. The van der Waals surface area contributed by atoms with Gasteiger partial charge in [-0.1, -0.05) is 29.8 Å². The third-order valence-corrected chi connectivity index (χ3v) is 7.47. The summed E-state index contributed by atoms with van der Waals surface area (Å²) in [5.41, 5.74) is 9.66. The van der Waals surface area contributed by atoms with E-state index in [-0.39, 0.29) is 16.6 Å². The van der Waals surface area contributed by atoms with Crippen LogP contribution in [0.4, 0.5) is 27.4 Å². The lowest BCUT2D eigenvalue weighted by Crippen LogP contribution is -2.35. The molecule has 1 fully saturated rings. The number of amides is 1. The number of carbonyl (C=O) groups excluding carboxylic acids is 1. The molecule has 0 aliphatic carbocycles.